The van der Waals surface area contributed by atoms with E-state index in [0.29, 0.717) is 19.1 Å². The number of rotatable bonds is 6. The average molecular weight is 240 g/mol. The number of carbonyl (C=O) groups excluding carboxylic acids is 1. The first-order valence-electron chi connectivity index (χ1n) is 5.68. The molecule has 0 atom stereocenters. The van der Waals surface area contributed by atoms with Gasteiger partial charge in [0, 0.05) is 10.9 Å². The number of hydrogen-bond acceptors (Lipinski definition) is 3. The summed E-state index contributed by atoms with van der Waals surface area (Å²) >= 11 is 1.71. The number of amides is 1. The van der Waals surface area contributed by atoms with E-state index in [-0.39, 0.29) is 5.91 Å². The van der Waals surface area contributed by atoms with E-state index in [4.69, 9.17) is 0 Å². The highest BCUT2D eigenvalue weighted by molar-refractivity contribution is 7.10. The van der Waals surface area contributed by atoms with Crippen molar-refractivity contribution in [2.24, 2.45) is 0 Å². The van der Waals surface area contributed by atoms with Crippen LogP contribution in [0.15, 0.2) is 11.4 Å². The van der Waals surface area contributed by atoms with Gasteiger partial charge >= 0.3 is 0 Å². The summed E-state index contributed by atoms with van der Waals surface area (Å²) in [5, 5.41) is 8.10. The molecule has 1 amide bonds. The molecule has 3 nitrogen and oxygen atoms in total. The Morgan fingerprint density at radius 2 is 2.25 bits per heavy atom. The Labute approximate surface area is 101 Å². The van der Waals surface area contributed by atoms with E-state index in [1.165, 1.54) is 10.4 Å². The SMILES string of the molecule is CCc1ccsc1CNC(=O)CNC(C)C. The molecule has 4 heteroatoms. The first-order valence-corrected chi connectivity index (χ1v) is 6.56. The quantitative estimate of drug-likeness (QED) is 0.797. The second-order valence-electron chi connectivity index (χ2n) is 4.03. The van der Waals surface area contributed by atoms with Gasteiger partial charge in [-0.3, -0.25) is 4.79 Å². The van der Waals surface area contributed by atoms with Gasteiger partial charge in [-0.1, -0.05) is 20.8 Å². The predicted molar refractivity (Wildman–Crippen MR) is 68.7 cm³/mol. The molecule has 0 saturated heterocycles. The summed E-state index contributed by atoms with van der Waals surface area (Å²) < 4.78 is 0. The maximum Gasteiger partial charge on any atom is 0.234 e. The molecule has 0 fully saturated rings. The van der Waals surface area contributed by atoms with Crippen molar-refractivity contribution in [2.75, 3.05) is 6.54 Å². The third kappa shape index (κ3) is 4.33. The molecule has 0 radical (unpaired) electrons. The number of thiophene rings is 1. The van der Waals surface area contributed by atoms with Crippen molar-refractivity contribution in [3.05, 3.63) is 21.9 Å². The van der Waals surface area contributed by atoms with Crippen LogP contribution in [0.5, 0.6) is 0 Å². The van der Waals surface area contributed by atoms with Crippen molar-refractivity contribution in [2.45, 2.75) is 39.8 Å². The van der Waals surface area contributed by atoms with E-state index in [9.17, 15) is 4.79 Å². The maximum atomic E-state index is 11.5. The Bertz CT molecular complexity index is 334. The fraction of sp³-hybridized carbons (Fsp3) is 0.583. The Morgan fingerprint density at radius 3 is 2.88 bits per heavy atom. The first-order chi connectivity index (χ1) is 7.63. The number of nitrogens with one attached hydrogen (secondary N) is 2. The fourth-order valence-corrected chi connectivity index (χ4v) is 2.29. The van der Waals surface area contributed by atoms with Crippen molar-refractivity contribution >= 4 is 17.2 Å². The van der Waals surface area contributed by atoms with Crippen molar-refractivity contribution in [3.63, 3.8) is 0 Å². The van der Waals surface area contributed by atoms with Gasteiger partial charge < -0.3 is 10.6 Å². The Balaban J connectivity index is 2.31. The first kappa shape index (κ1) is 13.2. The van der Waals surface area contributed by atoms with Crippen molar-refractivity contribution < 1.29 is 4.79 Å². The molecule has 1 aromatic rings. The van der Waals surface area contributed by atoms with Gasteiger partial charge in [0.1, 0.15) is 0 Å². The molecule has 0 saturated carbocycles. The lowest BCUT2D eigenvalue weighted by Gasteiger charge is -2.08. The molecule has 1 aromatic heterocycles. The van der Waals surface area contributed by atoms with Gasteiger partial charge in [0.15, 0.2) is 0 Å². The van der Waals surface area contributed by atoms with E-state index < -0.39 is 0 Å². The molecule has 0 aromatic carbocycles. The largest absolute Gasteiger partial charge is 0.350 e. The lowest BCUT2D eigenvalue weighted by Crippen LogP contribution is -2.36. The minimum absolute atomic E-state index is 0.0594. The number of carbonyl (C=O) groups is 1. The van der Waals surface area contributed by atoms with Gasteiger partial charge in [0.25, 0.3) is 0 Å². The van der Waals surface area contributed by atoms with Crippen molar-refractivity contribution in [1.29, 1.82) is 0 Å². The second kappa shape index (κ2) is 6.66. The van der Waals surface area contributed by atoms with Crippen LogP contribution in [0.25, 0.3) is 0 Å². The average Bonchev–Trinajstić information content (AvgIpc) is 2.70. The third-order valence-corrected chi connectivity index (χ3v) is 3.30. The zero-order valence-electron chi connectivity index (χ0n) is 10.2. The predicted octanol–water partition coefficient (Wildman–Crippen LogP) is 1.92. The number of hydrogen-bond donors (Lipinski definition) is 2. The standard InChI is InChI=1S/C12H20N2OS/c1-4-10-5-6-16-11(10)7-14-12(15)8-13-9(2)3/h5-6,9,13H,4,7-8H2,1-3H3,(H,14,15). The minimum atomic E-state index is 0.0594. The van der Waals surface area contributed by atoms with Crippen molar-refractivity contribution in [3.8, 4) is 0 Å². The molecule has 16 heavy (non-hydrogen) atoms. The number of aryl methyl sites for hydroxylation is 1. The van der Waals surface area contributed by atoms with Gasteiger partial charge in [-0.25, -0.2) is 0 Å². The van der Waals surface area contributed by atoms with Crippen LogP contribution < -0.4 is 10.6 Å². The molecule has 2 N–H and O–H groups in total. The Kier molecular flexibility index (Phi) is 5.49. The maximum absolute atomic E-state index is 11.5. The Hall–Kier alpha value is -0.870. The zero-order valence-corrected chi connectivity index (χ0v) is 11.0. The third-order valence-electron chi connectivity index (χ3n) is 2.34. The molecular weight excluding hydrogens is 220 g/mol. The minimum Gasteiger partial charge on any atom is -0.350 e. The van der Waals surface area contributed by atoms with Crippen LogP contribution in [0.1, 0.15) is 31.2 Å². The van der Waals surface area contributed by atoms with Crippen LogP contribution >= 0.6 is 11.3 Å². The molecule has 0 aliphatic heterocycles. The fourth-order valence-electron chi connectivity index (χ4n) is 1.38. The normalized spacial score (nSPS) is 10.8. The summed E-state index contributed by atoms with van der Waals surface area (Å²) in [5.41, 5.74) is 1.34. The molecule has 0 bridgehead atoms. The zero-order chi connectivity index (χ0) is 12.0. The summed E-state index contributed by atoms with van der Waals surface area (Å²) in [6.07, 6.45) is 1.03. The van der Waals surface area contributed by atoms with E-state index in [2.05, 4.69) is 29.0 Å². The molecule has 1 rings (SSSR count). The molecule has 0 unspecified atom stereocenters. The summed E-state index contributed by atoms with van der Waals surface area (Å²) in [7, 11) is 0. The van der Waals surface area contributed by atoms with Crippen molar-refractivity contribution in [1.82, 2.24) is 10.6 Å². The molecule has 0 aliphatic rings. The lowest BCUT2D eigenvalue weighted by atomic mass is 10.2. The highest BCUT2D eigenvalue weighted by Gasteiger charge is 2.05. The molecule has 1 heterocycles. The van der Waals surface area contributed by atoms with Crippen LogP contribution in [-0.2, 0) is 17.8 Å². The second-order valence-corrected chi connectivity index (χ2v) is 5.04. The Morgan fingerprint density at radius 1 is 1.50 bits per heavy atom. The molecule has 0 aliphatic carbocycles. The van der Waals surface area contributed by atoms with E-state index in [0.717, 1.165) is 6.42 Å². The molecule has 0 spiro atoms. The van der Waals surface area contributed by atoms with E-state index in [1.54, 1.807) is 11.3 Å². The van der Waals surface area contributed by atoms with Gasteiger partial charge in [0.05, 0.1) is 13.1 Å². The summed E-state index contributed by atoms with van der Waals surface area (Å²) in [5.74, 6) is 0.0594. The van der Waals surface area contributed by atoms with Crippen LogP contribution in [0.3, 0.4) is 0 Å². The monoisotopic (exact) mass is 240 g/mol. The smallest absolute Gasteiger partial charge is 0.234 e. The van der Waals surface area contributed by atoms with Crippen LogP contribution in [-0.4, -0.2) is 18.5 Å². The van der Waals surface area contributed by atoms with Gasteiger partial charge in [-0.05, 0) is 23.4 Å². The van der Waals surface area contributed by atoms with Gasteiger partial charge in [-0.2, -0.15) is 0 Å². The topological polar surface area (TPSA) is 41.1 Å². The van der Waals surface area contributed by atoms with E-state index >= 15 is 0 Å². The summed E-state index contributed by atoms with van der Waals surface area (Å²) in [6, 6.07) is 2.47. The van der Waals surface area contributed by atoms with Crippen LogP contribution in [0.2, 0.25) is 0 Å². The summed E-state index contributed by atoms with van der Waals surface area (Å²) in [4.78, 5) is 12.7. The van der Waals surface area contributed by atoms with Crippen LogP contribution in [0.4, 0.5) is 0 Å². The van der Waals surface area contributed by atoms with Crippen LogP contribution in [0, 0.1) is 0 Å². The van der Waals surface area contributed by atoms with E-state index in [1.807, 2.05) is 13.8 Å². The lowest BCUT2D eigenvalue weighted by molar-refractivity contribution is -0.120. The highest BCUT2D eigenvalue weighted by Crippen LogP contribution is 2.16. The van der Waals surface area contributed by atoms with Gasteiger partial charge in [0.2, 0.25) is 5.91 Å². The summed E-state index contributed by atoms with van der Waals surface area (Å²) in [6.45, 7) is 7.24. The molecule has 90 valence electrons. The molecular formula is C12H20N2OS. The highest BCUT2D eigenvalue weighted by atomic mass is 32.1. The van der Waals surface area contributed by atoms with Gasteiger partial charge in [-0.15, -0.1) is 11.3 Å².